The molecule has 1 aromatic carbocycles. The number of rotatable bonds is 2. The van der Waals surface area contributed by atoms with Crippen molar-refractivity contribution in [3.8, 4) is 0 Å². The van der Waals surface area contributed by atoms with Crippen LogP contribution in [0, 0.1) is 6.92 Å². The standard InChI is InChI=1S/C21H15N3O4S/c1-11-8-17(25)19-18(28-11)14(10-29-19)15-7-6-12(9-22-15)24-16-5-3-2-4-13(16)20(26)23-21(24)27/h2-8,10,22H,9H2,1H3,(H,23,26,27). The number of nitrogens with one attached hydrogen (secondary N) is 2. The van der Waals surface area contributed by atoms with E-state index in [0.29, 0.717) is 39.2 Å². The lowest BCUT2D eigenvalue weighted by molar-refractivity contribution is 0.565. The maximum atomic E-state index is 12.5. The van der Waals surface area contributed by atoms with Gasteiger partial charge >= 0.3 is 5.69 Å². The van der Waals surface area contributed by atoms with Crippen LogP contribution in [0.1, 0.15) is 11.3 Å². The second-order valence-corrected chi connectivity index (χ2v) is 7.61. The highest BCUT2D eigenvalue weighted by molar-refractivity contribution is 7.17. The van der Waals surface area contributed by atoms with Gasteiger partial charge in [0.15, 0.2) is 5.58 Å². The first-order chi connectivity index (χ1) is 14.0. The number of dihydropyridines is 1. The zero-order valence-electron chi connectivity index (χ0n) is 15.3. The molecule has 0 spiro atoms. The fraction of sp³-hybridized carbons (Fsp3) is 0.0952. The third-order valence-corrected chi connectivity index (χ3v) is 5.84. The van der Waals surface area contributed by atoms with Gasteiger partial charge in [0.05, 0.1) is 23.0 Å². The average Bonchev–Trinajstić information content (AvgIpc) is 3.13. The molecule has 0 bridgehead atoms. The van der Waals surface area contributed by atoms with E-state index >= 15 is 0 Å². The minimum absolute atomic E-state index is 0.0566. The van der Waals surface area contributed by atoms with Crippen molar-refractivity contribution >= 4 is 43.9 Å². The first-order valence-electron chi connectivity index (χ1n) is 8.94. The Hall–Kier alpha value is -3.65. The van der Waals surface area contributed by atoms with Crippen molar-refractivity contribution in [2.75, 3.05) is 6.54 Å². The van der Waals surface area contributed by atoms with Gasteiger partial charge in [0.1, 0.15) is 10.5 Å². The molecule has 0 amide bonds. The SMILES string of the molecule is Cc1cc(=O)c2scc(C3=CC=C(n4c(=O)[nH]c(=O)c5ccccc54)CN3)c2o1. The summed E-state index contributed by atoms with van der Waals surface area (Å²) in [5.41, 5.74) is 2.47. The molecular formula is C21H15N3O4S. The van der Waals surface area contributed by atoms with Gasteiger partial charge in [-0.1, -0.05) is 12.1 Å². The van der Waals surface area contributed by atoms with Gasteiger partial charge in [0, 0.05) is 22.8 Å². The Labute approximate surface area is 167 Å². The van der Waals surface area contributed by atoms with Gasteiger partial charge in [-0.2, -0.15) is 0 Å². The van der Waals surface area contributed by atoms with Crippen LogP contribution in [-0.2, 0) is 0 Å². The number of para-hydroxylation sites is 1. The predicted molar refractivity (Wildman–Crippen MR) is 114 cm³/mol. The first-order valence-corrected chi connectivity index (χ1v) is 9.82. The number of fused-ring (bicyclic) bond motifs is 2. The molecular weight excluding hydrogens is 390 g/mol. The van der Waals surface area contributed by atoms with Crippen molar-refractivity contribution in [2.24, 2.45) is 0 Å². The number of hydrogen-bond donors (Lipinski definition) is 2. The average molecular weight is 405 g/mol. The molecule has 4 aromatic rings. The zero-order valence-corrected chi connectivity index (χ0v) is 16.1. The number of aromatic amines is 1. The van der Waals surface area contributed by atoms with Gasteiger partial charge in [-0.25, -0.2) is 4.79 Å². The summed E-state index contributed by atoms with van der Waals surface area (Å²) >= 11 is 1.34. The number of aromatic nitrogens is 2. The molecule has 1 aliphatic heterocycles. The lowest BCUT2D eigenvalue weighted by atomic mass is 10.1. The normalized spacial score (nSPS) is 14.0. The van der Waals surface area contributed by atoms with Crippen LogP contribution in [0.4, 0.5) is 0 Å². The minimum atomic E-state index is -0.485. The lowest BCUT2D eigenvalue weighted by Gasteiger charge is -2.19. The molecule has 0 saturated carbocycles. The molecule has 4 heterocycles. The number of aryl methyl sites for hydroxylation is 1. The van der Waals surface area contributed by atoms with Crippen molar-refractivity contribution in [1.82, 2.24) is 14.9 Å². The lowest BCUT2D eigenvalue weighted by Crippen LogP contribution is -2.33. The molecule has 5 rings (SSSR count). The Morgan fingerprint density at radius 1 is 1.14 bits per heavy atom. The highest BCUT2D eigenvalue weighted by atomic mass is 32.1. The molecule has 0 saturated heterocycles. The summed E-state index contributed by atoms with van der Waals surface area (Å²) in [4.78, 5) is 39.1. The number of allylic oxidation sites excluding steroid dienone is 2. The van der Waals surface area contributed by atoms with Gasteiger partial charge in [-0.05, 0) is 31.2 Å². The van der Waals surface area contributed by atoms with Crippen LogP contribution in [0.25, 0.3) is 32.6 Å². The van der Waals surface area contributed by atoms with E-state index in [1.165, 1.54) is 22.0 Å². The summed E-state index contributed by atoms with van der Waals surface area (Å²) in [5, 5.41) is 5.62. The monoisotopic (exact) mass is 405 g/mol. The molecule has 0 radical (unpaired) electrons. The van der Waals surface area contributed by atoms with Crippen molar-refractivity contribution in [2.45, 2.75) is 6.92 Å². The van der Waals surface area contributed by atoms with Gasteiger partial charge in [0.2, 0.25) is 5.43 Å². The van der Waals surface area contributed by atoms with Crippen LogP contribution in [0.3, 0.4) is 0 Å². The number of H-pyrrole nitrogens is 1. The molecule has 29 heavy (non-hydrogen) atoms. The van der Waals surface area contributed by atoms with Crippen LogP contribution in [0.5, 0.6) is 0 Å². The molecule has 0 atom stereocenters. The van der Waals surface area contributed by atoms with Crippen LogP contribution < -0.4 is 22.0 Å². The molecule has 3 aromatic heterocycles. The minimum Gasteiger partial charge on any atom is -0.459 e. The number of thiophene rings is 1. The Morgan fingerprint density at radius 3 is 2.76 bits per heavy atom. The number of hydrogen-bond acceptors (Lipinski definition) is 6. The summed E-state index contributed by atoms with van der Waals surface area (Å²) < 4.78 is 7.85. The second-order valence-electron chi connectivity index (χ2n) is 6.73. The molecule has 7 nitrogen and oxygen atoms in total. The Kier molecular flexibility index (Phi) is 3.88. The van der Waals surface area contributed by atoms with E-state index in [4.69, 9.17) is 4.42 Å². The summed E-state index contributed by atoms with van der Waals surface area (Å²) in [5.74, 6) is 0.557. The van der Waals surface area contributed by atoms with E-state index in [1.807, 2.05) is 17.5 Å². The van der Waals surface area contributed by atoms with E-state index < -0.39 is 11.2 Å². The number of nitrogens with zero attached hydrogens (tertiary/aromatic N) is 1. The van der Waals surface area contributed by atoms with E-state index in [0.717, 1.165) is 11.3 Å². The van der Waals surface area contributed by atoms with Gasteiger partial charge in [-0.15, -0.1) is 11.3 Å². The van der Waals surface area contributed by atoms with E-state index in [1.54, 1.807) is 31.2 Å². The van der Waals surface area contributed by atoms with Crippen molar-refractivity contribution < 1.29 is 4.42 Å². The maximum absolute atomic E-state index is 12.5. The molecule has 8 heteroatoms. The zero-order chi connectivity index (χ0) is 20.1. The topological polar surface area (TPSA) is 97.1 Å². The quantitative estimate of drug-likeness (QED) is 0.534. The van der Waals surface area contributed by atoms with Gasteiger partial charge in [-0.3, -0.25) is 19.1 Å². The van der Waals surface area contributed by atoms with E-state index in [2.05, 4.69) is 10.3 Å². The molecule has 2 N–H and O–H groups in total. The molecule has 0 fully saturated rings. The largest absolute Gasteiger partial charge is 0.459 e. The van der Waals surface area contributed by atoms with Crippen molar-refractivity contribution in [3.63, 3.8) is 0 Å². The number of benzene rings is 1. The van der Waals surface area contributed by atoms with Crippen molar-refractivity contribution in [3.05, 3.63) is 90.2 Å². The smallest absolute Gasteiger partial charge is 0.333 e. The van der Waals surface area contributed by atoms with Crippen LogP contribution in [0.2, 0.25) is 0 Å². The van der Waals surface area contributed by atoms with E-state index in [9.17, 15) is 14.4 Å². The fourth-order valence-corrected chi connectivity index (χ4v) is 4.45. The maximum Gasteiger partial charge on any atom is 0.333 e. The highest BCUT2D eigenvalue weighted by Gasteiger charge is 2.18. The summed E-state index contributed by atoms with van der Waals surface area (Å²) in [6, 6.07) is 8.46. The molecule has 1 aliphatic rings. The first kappa shape index (κ1) is 17.4. The Bertz CT molecular complexity index is 1530. The van der Waals surface area contributed by atoms with Gasteiger partial charge < -0.3 is 9.73 Å². The fourth-order valence-electron chi connectivity index (χ4n) is 3.54. The summed E-state index contributed by atoms with van der Waals surface area (Å²) in [7, 11) is 0. The third kappa shape index (κ3) is 2.76. The van der Waals surface area contributed by atoms with E-state index in [-0.39, 0.29) is 5.43 Å². The molecule has 0 aliphatic carbocycles. The Balaban J connectivity index is 1.65. The van der Waals surface area contributed by atoms with Crippen LogP contribution >= 0.6 is 11.3 Å². The molecule has 144 valence electrons. The highest BCUT2D eigenvalue weighted by Crippen LogP contribution is 2.30. The second kappa shape index (κ2) is 6.46. The van der Waals surface area contributed by atoms with Crippen LogP contribution in [0.15, 0.2) is 66.7 Å². The third-order valence-electron chi connectivity index (χ3n) is 4.86. The predicted octanol–water partition coefficient (Wildman–Crippen LogP) is 2.65. The Morgan fingerprint density at radius 2 is 1.97 bits per heavy atom. The van der Waals surface area contributed by atoms with Gasteiger partial charge in [0.25, 0.3) is 5.56 Å². The van der Waals surface area contributed by atoms with Crippen molar-refractivity contribution in [1.29, 1.82) is 0 Å². The van der Waals surface area contributed by atoms with Crippen LogP contribution in [-0.4, -0.2) is 16.1 Å². The summed E-state index contributed by atoms with van der Waals surface area (Å²) in [6.07, 6.45) is 3.67. The summed E-state index contributed by atoms with van der Waals surface area (Å²) in [6.45, 7) is 2.12. The molecule has 0 unspecified atom stereocenters.